The Bertz CT molecular complexity index is 666. The van der Waals surface area contributed by atoms with Crippen LogP contribution in [0, 0.1) is 0 Å². The van der Waals surface area contributed by atoms with E-state index in [4.69, 9.17) is 0 Å². The molecule has 21 heavy (non-hydrogen) atoms. The Balaban J connectivity index is 1.95. The minimum atomic E-state index is -0.850. The van der Waals surface area contributed by atoms with E-state index in [1.807, 2.05) is 29.6 Å². The van der Waals surface area contributed by atoms with E-state index < -0.39 is 17.9 Å². The van der Waals surface area contributed by atoms with Crippen LogP contribution in [0.4, 0.5) is 0 Å². The molecule has 0 radical (unpaired) electrons. The maximum Gasteiger partial charge on any atom is 0.309 e. The van der Waals surface area contributed by atoms with Crippen molar-refractivity contribution in [1.82, 2.24) is 10.6 Å². The van der Waals surface area contributed by atoms with Crippen molar-refractivity contribution in [1.29, 1.82) is 0 Å². The molecule has 5 nitrogen and oxygen atoms in total. The third-order valence-electron chi connectivity index (χ3n) is 2.94. The van der Waals surface area contributed by atoms with Gasteiger partial charge in [0.2, 0.25) is 0 Å². The Morgan fingerprint density at radius 1 is 1.29 bits per heavy atom. The molecule has 1 atom stereocenters. The molecule has 0 aliphatic heterocycles. The highest BCUT2D eigenvalue weighted by molar-refractivity contribution is 7.17. The van der Waals surface area contributed by atoms with Gasteiger partial charge in [0, 0.05) is 23.4 Å². The van der Waals surface area contributed by atoms with Gasteiger partial charge in [0.05, 0.1) is 6.10 Å². The smallest absolute Gasteiger partial charge is 0.309 e. The molecule has 0 bridgehead atoms. The summed E-state index contributed by atoms with van der Waals surface area (Å²) in [5, 5.41) is 17.8. The molecule has 2 aromatic rings. The van der Waals surface area contributed by atoms with Gasteiger partial charge in [-0.15, -0.1) is 17.9 Å². The van der Waals surface area contributed by atoms with Gasteiger partial charge in [-0.25, -0.2) is 0 Å². The fourth-order valence-electron chi connectivity index (χ4n) is 1.88. The molecule has 0 saturated carbocycles. The van der Waals surface area contributed by atoms with Gasteiger partial charge in [0.25, 0.3) is 0 Å². The molecule has 2 amide bonds. The quantitative estimate of drug-likeness (QED) is 0.576. The third kappa shape index (κ3) is 3.68. The summed E-state index contributed by atoms with van der Waals surface area (Å²) in [5.74, 6) is -1.51. The Kier molecular flexibility index (Phi) is 5.08. The molecule has 0 aliphatic rings. The van der Waals surface area contributed by atoms with E-state index in [9.17, 15) is 14.7 Å². The molecule has 0 saturated heterocycles. The van der Waals surface area contributed by atoms with Gasteiger partial charge in [-0.05, 0) is 16.8 Å². The van der Waals surface area contributed by atoms with E-state index in [1.165, 1.54) is 17.4 Å². The minimum absolute atomic E-state index is 0.0128. The first-order chi connectivity index (χ1) is 10.1. The zero-order valence-corrected chi connectivity index (χ0v) is 12.2. The van der Waals surface area contributed by atoms with Gasteiger partial charge in [0.1, 0.15) is 0 Å². The van der Waals surface area contributed by atoms with Crippen molar-refractivity contribution in [2.45, 2.75) is 6.10 Å². The van der Waals surface area contributed by atoms with Crippen LogP contribution in [0.1, 0.15) is 11.7 Å². The highest BCUT2D eigenvalue weighted by Crippen LogP contribution is 2.29. The second kappa shape index (κ2) is 7.01. The SMILES string of the molecule is C=CCNC(=O)C(=O)NCC(O)c1csc2ccccc12. The maximum absolute atomic E-state index is 11.5. The summed E-state index contributed by atoms with van der Waals surface area (Å²) in [5.41, 5.74) is 0.752. The number of aliphatic hydroxyl groups excluding tert-OH is 1. The topological polar surface area (TPSA) is 78.4 Å². The lowest BCUT2D eigenvalue weighted by Crippen LogP contribution is -2.41. The molecular formula is C15H16N2O3S. The van der Waals surface area contributed by atoms with Crippen molar-refractivity contribution in [3.05, 3.63) is 47.9 Å². The van der Waals surface area contributed by atoms with Crippen LogP contribution in [0.5, 0.6) is 0 Å². The number of hydrogen-bond acceptors (Lipinski definition) is 4. The number of nitrogens with one attached hydrogen (secondary N) is 2. The summed E-state index contributed by atoms with van der Waals surface area (Å²) in [6.07, 6.45) is 0.634. The predicted molar refractivity (Wildman–Crippen MR) is 83.0 cm³/mol. The van der Waals surface area contributed by atoms with Gasteiger partial charge in [-0.1, -0.05) is 24.3 Å². The van der Waals surface area contributed by atoms with Crippen LogP contribution in [-0.4, -0.2) is 30.0 Å². The van der Waals surface area contributed by atoms with Crippen molar-refractivity contribution in [2.24, 2.45) is 0 Å². The van der Waals surface area contributed by atoms with Crippen molar-refractivity contribution in [2.75, 3.05) is 13.1 Å². The second-order valence-electron chi connectivity index (χ2n) is 4.41. The zero-order valence-electron chi connectivity index (χ0n) is 11.3. The largest absolute Gasteiger partial charge is 0.387 e. The van der Waals surface area contributed by atoms with Crippen LogP contribution in [-0.2, 0) is 9.59 Å². The summed E-state index contributed by atoms with van der Waals surface area (Å²) in [7, 11) is 0. The summed E-state index contributed by atoms with van der Waals surface area (Å²) < 4.78 is 1.07. The predicted octanol–water partition coefficient (Wildman–Crippen LogP) is 1.35. The Morgan fingerprint density at radius 2 is 2.00 bits per heavy atom. The van der Waals surface area contributed by atoms with Crippen molar-refractivity contribution >= 4 is 33.2 Å². The number of carbonyl (C=O) groups is 2. The molecule has 2 rings (SSSR count). The number of amides is 2. The molecule has 0 spiro atoms. The first-order valence-electron chi connectivity index (χ1n) is 6.44. The molecule has 6 heteroatoms. The molecule has 110 valence electrons. The molecule has 1 aromatic heterocycles. The molecular weight excluding hydrogens is 288 g/mol. The molecule has 1 unspecified atom stereocenters. The highest BCUT2D eigenvalue weighted by atomic mass is 32.1. The van der Waals surface area contributed by atoms with E-state index in [0.29, 0.717) is 0 Å². The van der Waals surface area contributed by atoms with E-state index in [0.717, 1.165) is 15.6 Å². The standard InChI is InChI=1S/C15H16N2O3S/c1-2-7-16-14(19)15(20)17-8-12(18)11-9-21-13-6-4-3-5-10(11)13/h2-6,9,12,18H,1,7-8H2,(H,16,19)(H,17,20). The van der Waals surface area contributed by atoms with Crippen LogP contribution in [0.2, 0.25) is 0 Å². The van der Waals surface area contributed by atoms with E-state index >= 15 is 0 Å². The number of thiophene rings is 1. The van der Waals surface area contributed by atoms with Crippen LogP contribution < -0.4 is 10.6 Å². The summed E-state index contributed by atoms with van der Waals surface area (Å²) >= 11 is 1.53. The lowest BCUT2D eigenvalue weighted by Gasteiger charge is -2.11. The fourth-order valence-corrected chi connectivity index (χ4v) is 2.89. The number of rotatable bonds is 5. The van der Waals surface area contributed by atoms with Crippen LogP contribution in [0.3, 0.4) is 0 Å². The van der Waals surface area contributed by atoms with Gasteiger partial charge in [0.15, 0.2) is 0 Å². The lowest BCUT2D eigenvalue weighted by atomic mass is 10.1. The Morgan fingerprint density at radius 3 is 2.76 bits per heavy atom. The van der Waals surface area contributed by atoms with Gasteiger partial charge in [-0.3, -0.25) is 9.59 Å². The second-order valence-corrected chi connectivity index (χ2v) is 5.32. The molecule has 1 aromatic carbocycles. The Labute approximate surface area is 126 Å². The van der Waals surface area contributed by atoms with Gasteiger partial charge in [-0.2, -0.15) is 0 Å². The first-order valence-corrected chi connectivity index (χ1v) is 7.32. The van der Waals surface area contributed by atoms with Crippen molar-refractivity contribution < 1.29 is 14.7 Å². The summed E-state index contributed by atoms with van der Waals surface area (Å²) in [4.78, 5) is 22.9. The Hall–Kier alpha value is -2.18. The highest BCUT2D eigenvalue weighted by Gasteiger charge is 2.17. The average Bonchev–Trinajstić information content (AvgIpc) is 2.93. The monoisotopic (exact) mass is 304 g/mol. The number of fused-ring (bicyclic) bond motifs is 1. The van der Waals surface area contributed by atoms with Crippen LogP contribution >= 0.6 is 11.3 Å². The molecule has 1 heterocycles. The first kappa shape index (κ1) is 15.2. The van der Waals surface area contributed by atoms with Crippen LogP contribution in [0.15, 0.2) is 42.3 Å². The normalized spacial score (nSPS) is 11.9. The van der Waals surface area contributed by atoms with E-state index in [-0.39, 0.29) is 13.1 Å². The van der Waals surface area contributed by atoms with E-state index in [1.54, 1.807) is 0 Å². The van der Waals surface area contributed by atoms with Crippen molar-refractivity contribution in [3.8, 4) is 0 Å². The minimum Gasteiger partial charge on any atom is -0.387 e. The summed E-state index contributed by atoms with van der Waals surface area (Å²) in [6, 6.07) is 7.72. The molecule has 0 fully saturated rings. The van der Waals surface area contributed by atoms with Gasteiger partial charge < -0.3 is 15.7 Å². The third-order valence-corrected chi connectivity index (χ3v) is 3.92. The summed E-state index contributed by atoms with van der Waals surface area (Å²) in [6.45, 7) is 3.66. The lowest BCUT2D eigenvalue weighted by molar-refractivity contribution is -0.139. The number of aliphatic hydroxyl groups is 1. The molecule has 0 aliphatic carbocycles. The number of hydrogen-bond donors (Lipinski definition) is 3. The van der Waals surface area contributed by atoms with E-state index in [2.05, 4.69) is 17.2 Å². The molecule has 3 N–H and O–H groups in total. The fraction of sp³-hybridized carbons (Fsp3) is 0.200. The average molecular weight is 304 g/mol. The number of carbonyl (C=O) groups excluding carboxylic acids is 2. The van der Waals surface area contributed by atoms with Crippen LogP contribution in [0.25, 0.3) is 10.1 Å². The number of benzene rings is 1. The van der Waals surface area contributed by atoms with Crippen molar-refractivity contribution in [3.63, 3.8) is 0 Å². The van der Waals surface area contributed by atoms with Gasteiger partial charge >= 0.3 is 11.8 Å². The maximum atomic E-state index is 11.5. The zero-order chi connectivity index (χ0) is 15.2.